The molecule has 3 aromatic carbocycles. The predicted octanol–water partition coefficient (Wildman–Crippen LogP) is 3.71. The third kappa shape index (κ3) is 5.74. The van der Waals surface area contributed by atoms with Crippen LogP contribution in [0, 0.1) is 11.3 Å². The number of nitrogens with zero attached hydrogens (tertiary/aromatic N) is 3. The van der Waals surface area contributed by atoms with Crippen molar-refractivity contribution in [2.45, 2.75) is 12.1 Å². The van der Waals surface area contributed by atoms with Crippen molar-refractivity contribution in [1.29, 1.82) is 5.26 Å². The molecule has 164 valence electrons. The molecule has 1 aliphatic rings. The van der Waals surface area contributed by atoms with Gasteiger partial charge in [-0.3, -0.25) is 9.80 Å². The molecular formula is C27H29N3O2. The van der Waals surface area contributed by atoms with Crippen LogP contribution >= 0.6 is 0 Å². The van der Waals surface area contributed by atoms with Crippen molar-refractivity contribution in [3.63, 3.8) is 0 Å². The monoisotopic (exact) mass is 427 g/mol. The number of piperazine rings is 1. The zero-order valence-corrected chi connectivity index (χ0v) is 18.2. The molecule has 32 heavy (non-hydrogen) atoms. The number of nitriles is 1. The molecule has 5 heteroatoms. The number of aliphatic hydroxyl groups excluding tert-OH is 1. The van der Waals surface area contributed by atoms with Crippen molar-refractivity contribution in [2.75, 3.05) is 39.3 Å². The minimum Gasteiger partial charge on any atom is -0.491 e. The van der Waals surface area contributed by atoms with E-state index in [1.165, 1.54) is 11.1 Å². The molecule has 0 aliphatic carbocycles. The fourth-order valence-electron chi connectivity index (χ4n) is 4.26. The van der Waals surface area contributed by atoms with Gasteiger partial charge in [-0.1, -0.05) is 60.7 Å². The predicted molar refractivity (Wildman–Crippen MR) is 125 cm³/mol. The third-order valence-corrected chi connectivity index (χ3v) is 5.90. The smallest absolute Gasteiger partial charge is 0.119 e. The van der Waals surface area contributed by atoms with Gasteiger partial charge in [0.1, 0.15) is 18.5 Å². The average molecular weight is 428 g/mol. The van der Waals surface area contributed by atoms with E-state index in [1.807, 2.05) is 0 Å². The van der Waals surface area contributed by atoms with E-state index in [0.29, 0.717) is 17.9 Å². The maximum atomic E-state index is 10.5. The minimum atomic E-state index is -0.559. The number of benzene rings is 3. The zero-order chi connectivity index (χ0) is 22.2. The van der Waals surface area contributed by atoms with E-state index in [-0.39, 0.29) is 12.6 Å². The highest BCUT2D eigenvalue weighted by molar-refractivity contribution is 5.34. The second kappa shape index (κ2) is 10.9. The van der Waals surface area contributed by atoms with Gasteiger partial charge in [0.05, 0.1) is 17.7 Å². The summed E-state index contributed by atoms with van der Waals surface area (Å²) < 4.78 is 5.69. The van der Waals surface area contributed by atoms with Crippen molar-refractivity contribution in [3.05, 3.63) is 102 Å². The summed E-state index contributed by atoms with van der Waals surface area (Å²) in [7, 11) is 0. The molecule has 0 unspecified atom stereocenters. The molecule has 4 rings (SSSR count). The van der Waals surface area contributed by atoms with Gasteiger partial charge in [-0.05, 0) is 35.4 Å². The molecule has 0 saturated carbocycles. The molecule has 1 heterocycles. The van der Waals surface area contributed by atoms with Crippen molar-refractivity contribution in [1.82, 2.24) is 9.80 Å². The normalized spacial score (nSPS) is 15.9. The first kappa shape index (κ1) is 22.0. The SMILES string of the molecule is N#Cc1ccc(OC[C@H](O)CN2CCN(C(c3ccccc3)c3ccccc3)CC2)cc1. The summed E-state index contributed by atoms with van der Waals surface area (Å²) in [5, 5.41) is 19.3. The standard InChI is InChI=1S/C27H29N3O2/c28-19-22-11-13-26(14-12-22)32-21-25(31)20-29-15-17-30(18-16-29)27(23-7-3-1-4-8-23)24-9-5-2-6-10-24/h1-14,25,27,31H,15-18,20-21H2/t25-/m1/s1. The first-order valence-corrected chi connectivity index (χ1v) is 11.1. The van der Waals surface area contributed by atoms with E-state index in [9.17, 15) is 5.11 Å². The minimum absolute atomic E-state index is 0.239. The first-order valence-electron chi connectivity index (χ1n) is 11.1. The zero-order valence-electron chi connectivity index (χ0n) is 18.2. The largest absolute Gasteiger partial charge is 0.491 e. The molecule has 0 amide bonds. The van der Waals surface area contributed by atoms with Crippen LogP contribution in [-0.2, 0) is 0 Å². The Morgan fingerprint density at radius 2 is 1.38 bits per heavy atom. The average Bonchev–Trinajstić information content (AvgIpc) is 2.86. The molecule has 3 aromatic rings. The van der Waals surface area contributed by atoms with Crippen LogP contribution in [0.3, 0.4) is 0 Å². The topological polar surface area (TPSA) is 59.7 Å². The molecule has 5 nitrogen and oxygen atoms in total. The van der Waals surface area contributed by atoms with Crippen LogP contribution in [0.25, 0.3) is 0 Å². The highest BCUT2D eigenvalue weighted by atomic mass is 16.5. The Labute approximate surface area is 190 Å². The number of hydrogen-bond donors (Lipinski definition) is 1. The lowest BCUT2D eigenvalue weighted by Gasteiger charge is -2.40. The maximum absolute atomic E-state index is 10.5. The second-order valence-corrected chi connectivity index (χ2v) is 8.16. The van der Waals surface area contributed by atoms with Gasteiger partial charge >= 0.3 is 0 Å². The third-order valence-electron chi connectivity index (χ3n) is 5.90. The Kier molecular flexibility index (Phi) is 7.52. The summed E-state index contributed by atoms with van der Waals surface area (Å²) in [6.45, 7) is 4.53. The number of β-amino-alcohol motifs (C(OH)–C–C–N with tert-alkyl or cyclic N) is 1. The first-order chi connectivity index (χ1) is 15.7. The van der Waals surface area contributed by atoms with E-state index < -0.39 is 6.10 Å². The lowest BCUT2D eigenvalue weighted by atomic mass is 9.96. The number of ether oxygens (including phenoxy) is 1. The lowest BCUT2D eigenvalue weighted by molar-refractivity contribution is 0.0401. The highest BCUT2D eigenvalue weighted by Gasteiger charge is 2.27. The molecule has 1 saturated heterocycles. The van der Waals surface area contributed by atoms with Gasteiger partial charge in [0.15, 0.2) is 0 Å². The molecule has 1 aliphatic heterocycles. The van der Waals surface area contributed by atoms with Crippen LogP contribution in [0.1, 0.15) is 22.7 Å². The Bertz CT molecular complexity index is 955. The van der Waals surface area contributed by atoms with E-state index in [4.69, 9.17) is 10.00 Å². The van der Waals surface area contributed by atoms with Gasteiger partial charge in [-0.15, -0.1) is 0 Å². The fraction of sp³-hybridized carbons (Fsp3) is 0.296. The van der Waals surface area contributed by atoms with E-state index >= 15 is 0 Å². The molecule has 1 fully saturated rings. The van der Waals surface area contributed by atoms with Crippen molar-refractivity contribution in [3.8, 4) is 11.8 Å². The van der Waals surface area contributed by atoms with E-state index in [1.54, 1.807) is 24.3 Å². The van der Waals surface area contributed by atoms with Crippen LogP contribution in [-0.4, -0.2) is 60.3 Å². The molecule has 0 aromatic heterocycles. The second-order valence-electron chi connectivity index (χ2n) is 8.16. The maximum Gasteiger partial charge on any atom is 0.119 e. The fourth-order valence-corrected chi connectivity index (χ4v) is 4.26. The van der Waals surface area contributed by atoms with Gasteiger partial charge in [0.2, 0.25) is 0 Å². The van der Waals surface area contributed by atoms with E-state index in [2.05, 4.69) is 76.5 Å². The van der Waals surface area contributed by atoms with Crippen molar-refractivity contribution < 1.29 is 9.84 Å². The Hall–Kier alpha value is -3.17. The molecule has 1 atom stereocenters. The number of aliphatic hydroxyl groups is 1. The Morgan fingerprint density at radius 1 is 0.812 bits per heavy atom. The highest BCUT2D eigenvalue weighted by Crippen LogP contribution is 2.29. The van der Waals surface area contributed by atoms with E-state index in [0.717, 1.165) is 26.2 Å². The summed E-state index contributed by atoms with van der Waals surface area (Å²) in [4.78, 5) is 4.83. The van der Waals surface area contributed by atoms with Crippen LogP contribution in [0.4, 0.5) is 0 Å². The van der Waals surface area contributed by atoms with Gasteiger partial charge < -0.3 is 9.84 Å². The molecule has 0 radical (unpaired) electrons. The van der Waals surface area contributed by atoms with Gasteiger partial charge in [0.25, 0.3) is 0 Å². The molecule has 1 N–H and O–H groups in total. The summed E-state index contributed by atoms with van der Waals surface area (Å²) in [6, 6.07) is 30.6. The molecule has 0 spiro atoms. The van der Waals surface area contributed by atoms with Gasteiger partial charge in [-0.2, -0.15) is 5.26 Å². The summed E-state index contributed by atoms with van der Waals surface area (Å²) in [6.07, 6.45) is -0.559. The summed E-state index contributed by atoms with van der Waals surface area (Å²) in [5.74, 6) is 0.668. The molecular weight excluding hydrogens is 398 g/mol. The number of hydrogen-bond acceptors (Lipinski definition) is 5. The van der Waals surface area contributed by atoms with Crippen LogP contribution < -0.4 is 4.74 Å². The van der Waals surface area contributed by atoms with Crippen LogP contribution in [0.15, 0.2) is 84.9 Å². The van der Waals surface area contributed by atoms with Gasteiger partial charge in [-0.25, -0.2) is 0 Å². The van der Waals surface area contributed by atoms with Crippen LogP contribution in [0.5, 0.6) is 5.75 Å². The van der Waals surface area contributed by atoms with Gasteiger partial charge in [0, 0.05) is 32.7 Å². The lowest BCUT2D eigenvalue weighted by Crippen LogP contribution is -2.50. The quantitative estimate of drug-likeness (QED) is 0.594. The van der Waals surface area contributed by atoms with Crippen LogP contribution in [0.2, 0.25) is 0 Å². The molecule has 0 bridgehead atoms. The Morgan fingerprint density at radius 3 is 1.91 bits per heavy atom. The summed E-state index contributed by atoms with van der Waals surface area (Å²) >= 11 is 0. The van der Waals surface area contributed by atoms with Crippen molar-refractivity contribution >= 4 is 0 Å². The Balaban J connectivity index is 1.31. The van der Waals surface area contributed by atoms with Crippen molar-refractivity contribution in [2.24, 2.45) is 0 Å². The summed E-state index contributed by atoms with van der Waals surface area (Å²) in [5.41, 5.74) is 3.21. The number of rotatable bonds is 8.